The maximum absolute atomic E-state index is 4.66. The largest absolute Gasteiger partial charge is 0.365 e. The fourth-order valence-electron chi connectivity index (χ4n) is 3.06. The van der Waals surface area contributed by atoms with Crippen molar-refractivity contribution in [1.82, 2.24) is 19.8 Å². The van der Waals surface area contributed by atoms with Crippen LogP contribution in [0.5, 0.6) is 0 Å². The summed E-state index contributed by atoms with van der Waals surface area (Å²) in [6.07, 6.45) is 4.40. The molecule has 0 aliphatic carbocycles. The Morgan fingerprint density at radius 2 is 1.69 bits per heavy atom. The van der Waals surface area contributed by atoms with Crippen LogP contribution in [0.2, 0.25) is 0 Å². The highest BCUT2D eigenvalue weighted by atomic mass is 15.4. The number of anilines is 2. The Kier molecular flexibility index (Phi) is 4.11. The van der Waals surface area contributed by atoms with Crippen molar-refractivity contribution in [2.45, 2.75) is 32.7 Å². The lowest BCUT2D eigenvalue weighted by Crippen LogP contribution is -2.18. The molecule has 26 heavy (non-hydrogen) atoms. The van der Waals surface area contributed by atoms with Crippen LogP contribution in [0.15, 0.2) is 48.6 Å². The molecule has 0 atom stereocenters. The molecule has 1 aromatic carbocycles. The summed E-state index contributed by atoms with van der Waals surface area (Å²) in [5.41, 5.74) is 3.15. The van der Waals surface area contributed by atoms with E-state index in [-0.39, 0.29) is 5.41 Å². The fourth-order valence-corrected chi connectivity index (χ4v) is 3.06. The van der Waals surface area contributed by atoms with Crippen LogP contribution < -0.4 is 10.2 Å². The third-order valence-corrected chi connectivity index (χ3v) is 4.53. The Morgan fingerprint density at radius 1 is 0.962 bits per heavy atom. The van der Waals surface area contributed by atoms with Gasteiger partial charge in [0.05, 0.1) is 0 Å². The van der Waals surface area contributed by atoms with Crippen molar-refractivity contribution in [1.29, 1.82) is 0 Å². The van der Waals surface area contributed by atoms with Crippen molar-refractivity contribution < 1.29 is 0 Å². The summed E-state index contributed by atoms with van der Waals surface area (Å²) in [5, 5.41) is 16.5. The van der Waals surface area contributed by atoms with E-state index in [0.29, 0.717) is 0 Å². The molecule has 3 aromatic rings. The molecular formula is C20H24N6. The second kappa shape index (κ2) is 6.44. The number of hydrogen-bond donors (Lipinski definition) is 1. The number of hydrogen-bond acceptors (Lipinski definition) is 5. The Labute approximate surface area is 153 Å². The van der Waals surface area contributed by atoms with Crippen LogP contribution in [0.4, 0.5) is 11.5 Å². The number of nitrogens with zero attached hydrogens (tertiary/aromatic N) is 5. The summed E-state index contributed by atoms with van der Waals surface area (Å²) in [4.78, 5) is 2.34. The summed E-state index contributed by atoms with van der Waals surface area (Å²) >= 11 is 0. The number of rotatable bonds is 4. The van der Waals surface area contributed by atoms with Gasteiger partial charge in [-0.3, -0.25) is 0 Å². The quantitative estimate of drug-likeness (QED) is 0.732. The first-order valence-corrected chi connectivity index (χ1v) is 8.96. The Balaban J connectivity index is 1.47. The first-order chi connectivity index (χ1) is 12.5. The zero-order valence-electron chi connectivity index (χ0n) is 15.5. The van der Waals surface area contributed by atoms with E-state index >= 15 is 0 Å². The van der Waals surface area contributed by atoms with Gasteiger partial charge in [0.1, 0.15) is 5.82 Å². The van der Waals surface area contributed by atoms with E-state index in [1.54, 1.807) is 0 Å². The number of benzene rings is 1. The Hall–Kier alpha value is -2.89. The Morgan fingerprint density at radius 3 is 2.38 bits per heavy atom. The van der Waals surface area contributed by atoms with Crippen molar-refractivity contribution in [2.24, 2.45) is 0 Å². The van der Waals surface area contributed by atoms with Crippen LogP contribution in [0.25, 0.3) is 5.65 Å². The van der Waals surface area contributed by atoms with Crippen molar-refractivity contribution in [3.63, 3.8) is 0 Å². The third-order valence-electron chi connectivity index (χ3n) is 4.53. The van der Waals surface area contributed by atoms with Crippen LogP contribution in [0.1, 0.15) is 32.2 Å². The zero-order chi connectivity index (χ0) is 18.1. The summed E-state index contributed by atoms with van der Waals surface area (Å²) in [6.45, 7) is 9.06. The summed E-state index contributed by atoms with van der Waals surface area (Å²) in [7, 11) is 0. The molecule has 6 heteroatoms. The van der Waals surface area contributed by atoms with Crippen LogP contribution in [0, 0.1) is 0 Å². The topological polar surface area (TPSA) is 58.4 Å². The summed E-state index contributed by atoms with van der Waals surface area (Å²) in [6, 6.07) is 12.6. The summed E-state index contributed by atoms with van der Waals surface area (Å²) < 4.78 is 1.83. The number of aromatic nitrogens is 4. The van der Waals surface area contributed by atoms with E-state index < -0.39 is 0 Å². The average molecular weight is 348 g/mol. The lowest BCUT2D eigenvalue weighted by atomic mass is 9.96. The maximum atomic E-state index is 4.66. The molecule has 0 amide bonds. The van der Waals surface area contributed by atoms with Gasteiger partial charge in [-0.25, -0.2) is 0 Å². The molecule has 3 heterocycles. The smallest absolute Gasteiger partial charge is 0.178 e. The minimum absolute atomic E-state index is 0.106. The molecule has 1 aliphatic rings. The highest BCUT2D eigenvalue weighted by Crippen LogP contribution is 2.21. The molecule has 4 rings (SSSR count). The normalized spacial score (nSPS) is 14.3. The first kappa shape index (κ1) is 16.6. The molecule has 0 radical (unpaired) electrons. The van der Waals surface area contributed by atoms with Crippen molar-refractivity contribution in [2.75, 3.05) is 23.3 Å². The minimum Gasteiger partial charge on any atom is -0.365 e. The molecule has 0 saturated carbocycles. The molecule has 0 unspecified atom stereocenters. The van der Waals surface area contributed by atoms with Gasteiger partial charge < -0.3 is 10.2 Å². The second-order valence-electron chi connectivity index (χ2n) is 7.66. The predicted octanol–water partition coefficient (Wildman–Crippen LogP) is 3.41. The van der Waals surface area contributed by atoms with Crippen LogP contribution >= 0.6 is 0 Å². The van der Waals surface area contributed by atoms with Crippen molar-refractivity contribution in [3.05, 3.63) is 59.9 Å². The zero-order valence-corrected chi connectivity index (χ0v) is 15.5. The molecule has 0 fully saturated rings. The molecule has 1 N–H and O–H groups in total. The summed E-state index contributed by atoms with van der Waals surface area (Å²) in [5.74, 6) is 1.68. The molecule has 6 nitrogen and oxygen atoms in total. The standard InChI is InChI=1S/C20H24N6/c1-20(2,3)19-23-22-18-11-10-17(24-26(18)19)21-14-15-6-8-16(9-7-15)25-12-4-5-13-25/h4-11H,12-14H2,1-3H3,(H,21,24). The molecule has 0 bridgehead atoms. The lowest BCUT2D eigenvalue weighted by Gasteiger charge is -2.18. The lowest BCUT2D eigenvalue weighted by molar-refractivity contribution is 0.527. The molecule has 2 aromatic heterocycles. The van der Waals surface area contributed by atoms with Crippen LogP contribution in [-0.4, -0.2) is 32.9 Å². The van der Waals surface area contributed by atoms with Gasteiger partial charge in [-0.2, -0.15) is 4.52 Å². The second-order valence-corrected chi connectivity index (χ2v) is 7.66. The molecular weight excluding hydrogens is 324 g/mol. The van der Waals surface area contributed by atoms with E-state index in [1.165, 1.54) is 11.3 Å². The SMILES string of the molecule is CC(C)(C)c1nnc2ccc(NCc3ccc(N4CC=CC4)cc3)nn12. The number of nitrogens with one attached hydrogen (secondary N) is 1. The van der Waals surface area contributed by atoms with E-state index in [1.807, 2.05) is 16.6 Å². The van der Waals surface area contributed by atoms with E-state index in [9.17, 15) is 0 Å². The maximum Gasteiger partial charge on any atom is 0.178 e. The molecule has 134 valence electrons. The van der Waals surface area contributed by atoms with Gasteiger partial charge in [0.2, 0.25) is 0 Å². The van der Waals surface area contributed by atoms with Gasteiger partial charge in [-0.05, 0) is 29.8 Å². The Bertz CT molecular complexity index is 925. The van der Waals surface area contributed by atoms with Crippen molar-refractivity contribution >= 4 is 17.2 Å². The first-order valence-electron chi connectivity index (χ1n) is 8.96. The van der Waals surface area contributed by atoms with Gasteiger partial charge in [-0.15, -0.1) is 15.3 Å². The van der Waals surface area contributed by atoms with Gasteiger partial charge >= 0.3 is 0 Å². The van der Waals surface area contributed by atoms with E-state index in [0.717, 1.165) is 36.9 Å². The predicted molar refractivity (Wildman–Crippen MR) is 105 cm³/mol. The molecule has 0 saturated heterocycles. The van der Waals surface area contributed by atoms with Gasteiger partial charge in [0.25, 0.3) is 0 Å². The fraction of sp³-hybridized carbons (Fsp3) is 0.350. The van der Waals surface area contributed by atoms with Gasteiger partial charge in [0, 0.05) is 30.7 Å². The van der Waals surface area contributed by atoms with E-state index in [2.05, 4.69) is 82.7 Å². The molecule has 1 aliphatic heterocycles. The minimum atomic E-state index is -0.106. The highest BCUT2D eigenvalue weighted by Gasteiger charge is 2.21. The molecule has 0 spiro atoms. The monoisotopic (exact) mass is 348 g/mol. The van der Waals surface area contributed by atoms with Crippen LogP contribution in [-0.2, 0) is 12.0 Å². The van der Waals surface area contributed by atoms with Gasteiger partial charge in [0.15, 0.2) is 11.5 Å². The van der Waals surface area contributed by atoms with Crippen molar-refractivity contribution in [3.8, 4) is 0 Å². The van der Waals surface area contributed by atoms with E-state index in [4.69, 9.17) is 0 Å². The van der Waals surface area contributed by atoms with Gasteiger partial charge in [-0.1, -0.05) is 45.1 Å². The third kappa shape index (κ3) is 3.27. The highest BCUT2D eigenvalue weighted by molar-refractivity contribution is 5.51. The average Bonchev–Trinajstić information content (AvgIpc) is 3.29. The number of fused-ring (bicyclic) bond motifs is 1. The van der Waals surface area contributed by atoms with Crippen LogP contribution in [0.3, 0.4) is 0 Å².